The van der Waals surface area contributed by atoms with Crippen LogP contribution >= 0.6 is 0 Å². The fourth-order valence-corrected chi connectivity index (χ4v) is 4.33. The molecule has 4 aromatic rings. The summed E-state index contributed by atoms with van der Waals surface area (Å²) in [7, 11) is 0. The Labute approximate surface area is 201 Å². The molecule has 10 nitrogen and oxygen atoms in total. The molecule has 0 saturated carbocycles. The maximum atomic E-state index is 13.1. The Morgan fingerprint density at radius 2 is 1.86 bits per heavy atom. The Morgan fingerprint density at radius 1 is 1.09 bits per heavy atom. The van der Waals surface area contributed by atoms with Gasteiger partial charge in [-0.05, 0) is 38.8 Å². The highest BCUT2D eigenvalue weighted by Gasteiger charge is 2.26. The van der Waals surface area contributed by atoms with E-state index in [2.05, 4.69) is 14.9 Å². The van der Waals surface area contributed by atoms with Crippen molar-refractivity contribution in [1.29, 1.82) is 0 Å². The van der Waals surface area contributed by atoms with Gasteiger partial charge in [-0.2, -0.15) is 4.98 Å². The van der Waals surface area contributed by atoms with Gasteiger partial charge < -0.3 is 24.5 Å². The number of anilines is 2. The zero-order chi connectivity index (χ0) is 24.5. The Hall–Kier alpha value is -4.21. The summed E-state index contributed by atoms with van der Waals surface area (Å²) in [6.07, 6.45) is 2.10. The van der Waals surface area contributed by atoms with E-state index in [1.807, 2.05) is 24.3 Å². The molecule has 1 saturated heterocycles. The summed E-state index contributed by atoms with van der Waals surface area (Å²) >= 11 is 0. The number of benzene rings is 1. The van der Waals surface area contributed by atoms with Crippen LogP contribution in [0.5, 0.6) is 0 Å². The molecule has 1 aliphatic heterocycles. The van der Waals surface area contributed by atoms with Crippen LogP contribution in [0.15, 0.2) is 34.7 Å². The molecule has 0 unspecified atom stereocenters. The van der Waals surface area contributed by atoms with E-state index >= 15 is 0 Å². The van der Waals surface area contributed by atoms with Gasteiger partial charge in [-0.15, -0.1) is 0 Å². The molecule has 1 fully saturated rings. The van der Waals surface area contributed by atoms with E-state index in [1.54, 1.807) is 19.9 Å². The molecular formula is C25H25N5O5. The Bertz CT molecular complexity index is 1440. The second kappa shape index (κ2) is 9.21. The molecule has 1 aliphatic rings. The van der Waals surface area contributed by atoms with Crippen LogP contribution in [0.4, 0.5) is 11.6 Å². The van der Waals surface area contributed by atoms with Crippen molar-refractivity contribution in [3.63, 3.8) is 0 Å². The van der Waals surface area contributed by atoms with E-state index in [9.17, 15) is 9.59 Å². The fourth-order valence-electron chi connectivity index (χ4n) is 4.33. The van der Waals surface area contributed by atoms with Crippen molar-refractivity contribution in [2.45, 2.75) is 33.3 Å². The van der Waals surface area contributed by atoms with Gasteiger partial charge in [0.25, 0.3) is 0 Å². The topological polar surface area (TPSA) is 134 Å². The van der Waals surface area contributed by atoms with Gasteiger partial charge in [0.05, 0.1) is 17.5 Å². The number of nitrogens with zero attached hydrogens (tertiary/aromatic N) is 4. The minimum atomic E-state index is -0.559. The predicted molar refractivity (Wildman–Crippen MR) is 129 cm³/mol. The summed E-state index contributed by atoms with van der Waals surface area (Å²) in [5.41, 5.74) is 7.65. The molecular weight excluding hydrogens is 450 g/mol. The first-order chi connectivity index (χ1) is 17.0. The molecule has 180 valence electrons. The lowest BCUT2D eigenvalue weighted by molar-refractivity contribution is 0.0462. The number of aryl methyl sites for hydroxylation is 1. The second-order valence-corrected chi connectivity index (χ2v) is 8.28. The maximum absolute atomic E-state index is 13.1. The number of fused-ring (bicyclic) bond motifs is 2. The number of furan rings is 1. The number of carbonyl (C=O) groups is 2. The fraction of sp³-hybridized carbons (Fsp3) is 0.320. The number of carbonyl (C=O) groups excluding carboxylic acids is 2. The number of ether oxygens (including phenoxy) is 2. The van der Waals surface area contributed by atoms with Crippen LogP contribution in [-0.2, 0) is 16.1 Å². The van der Waals surface area contributed by atoms with Gasteiger partial charge in [-0.3, -0.25) is 0 Å². The molecule has 10 heteroatoms. The van der Waals surface area contributed by atoms with E-state index < -0.39 is 11.9 Å². The Morgan fingerprint density at radius 3 is 2.63 bits per heavy atom. The first kappa shape index (κ1) is 22.6. The van der Waals surface area contributed by atoms with Gasteiger partial charge in [0.1, 0.15) is 28.5 Å². The minimum absolute atomic E-state index is 0.0473. The van der Waals surface area contributed by atoms with Crippen LogP contribution < -0.4 is 10.6 Å². The third-order valence-electron chi connectivity index (χ3n) is 5.94. The lowest BCUT2D eigenvalue weighted by Crippen LogP contribution is -2.23. The van der Waals surface area contributed by atoms with Gasteiger partial charge in [-0.1, -0.05) is 18.2 Å². The Balaban J connectivity index is 1.43. The quantitative estimate of drug-likeness (QED) is 0.410. The van der Waals surface area contributed by atoms with Gasteiger partial charge in [0.15, 0.2) is 12.4 Å². The standard InChI is InChI=1S/C25H25N5O5/c1-3-33-25(32)19-14(2)35-23-20(19)21(26)28-18(29-23)13-34-24(31)16-12-15-8-4-5-9-17(15)27-22(16)30-10-6-7-11-30/h4-5,8-9,12H,3,6-7,10-11,13H2,1-2H3,(H2,26,28,29). The van der Waals surface area contributed by atoms with Crippen molar-refractivity contribution in [1.82, 2.24) is 15.0 Å². The summed E-state index contributed by atoms with van der Waals surface area (Å²) in [5, 5.41) is 1.13. The average molecular weight is 476 g/mol. The van der Waals surface area contributed by atoms with Crippen LogP contribution in [0, 0.1) is 6.92 Å². The number of rotatable bonds is 6. The van der Waals surface area contributed by atoms with E-state index in [0.29, 0.717) is 17.1 Å². The van der Waals surface area contributed by atoms with E-state index in [-0.39, 0.29) is 41.5 Å². The van der Waals surface area contributed by atoms with Gasteiger partial charge in [0, 0.05) is 18.5 Å². The first-order valence-electron chi connectivity index (χ1n) is 11.5. The molecule has 0 atom stereocenters. The number of nitrogen functional groups attached to an aromatic ring is 1. The van der Waals surface area contributed by atoms with E-state index in [4.69, 9.17) is 24.6 Å². The molecule has 0 radical (unpaired) electrons. The van der Waals surface area contributed by atoms with E-state index in [0.717, 1.165) is 36.8 Å². The largest absolute Gasteiger partial charge is 0.462 e. The summed E-state index contributed by atoms with van der Waals surface area (Å²) in [5.74, 6) is 0.0516. The SMILES string of the molecule is CCOC(=O)c1c(C)oc2nc(COC(=O)c3cc4ccccc4nc3N3CCCC3)nc(N)c12. The second-order valence-electron chi connectivity index (χ2n) is 8.28. The lowest BCUT2D eigenvalue weighted by atomic mass is 10.1. The number of nitrogens with two attached hydrogens (primary N) is 1. The Kier molecular flexibility index (Phi) is 5.94. The highest BCUT2D eigenvalue weighted by molar-refractivity contribution is 6.07. The number of aromatic nitrogens is 3. The number of hydrogen-bond donors (Lipinski definition) is 1. The van der Waals surface area contributed by atoms with Crippen molar-refractivity contribution in [3.05, 3.63) is 53.0 Å². The van der Waals surface area contributed by atoms with Gasteiger partial charge in [0.2, 0.25) is 5.71 Å². The van der Waals surface area contributed by atoms with Crippen molar-refractivity contribution in [3.8, 4) is 0 Å². The molecule has 35 heavy (non-hydrogen) atoms. The van der Waals surface area contributed by atoms with Crippen molar-refractivity contribution in [2.75, 3.05) is 30.3 Å². The number of pyridine rings is 1. The lowest BCUT2D eigenvalue weighted by Gasteiger charge is -2.20. The third-order valence-corrected chi connectivity index (χ3v) is 5.94. The molecule has 5 rings (SSSR count). The summed E-state index contributed by atoms with van der Waals surface area (Å²) in [6.45, 7) is 5.00. The molecule has 3 aromatic heterocycles. The zero-order valence-electron chi connectivity index (χ0n) is 19.5. The van der Waals surface area contributed by atoms with Gasteiger partial charge in [-0.25, -0.2) is 19.6 Å². The monoisotopic (exact) mass is 475 g/mol. The smallest absolute Gasteiger partial charge is 0.342 e. The van der Waals surface area contributed by atoms with Gasteiger partial charge >= 0.3 is 11.9 Å². The van der Waals surface area contributed by atoms with Crippen LogP contribution in [0.25, 0.3) is 22.0 Å². The van der Waals surface area contributed by atoms with Crippen molar-refractivity contribution in [2.24, 2.45) is 0 Å². The average Bonchev–Trinajstić information content (AvgIpc) is 3.49. The normalized spacial score (nSPS) is 13.5. The highest BCUT2D eigenvalue weighted by Crippen LogP contribution is 2.30. The van der Waals surface area contributed by atoms with Crippen molar-refractivity contribution < 1.29 is 23.5 Å². The molecule has 2 N–H and O–H groups in total. The van der Waals surface area contributed by atoms with Crippen LogP contribution in [-0.4, -0.2) is 46.6 Å². The molecule has 0 amide bonds. The molecule has 0 aliphatic carbocycles. The number of para-hydroxylation sites is 1. The van der Waals surface area contributed by atoms with Crippen LogP contribution in [0.2, 0.25) is 0 Å². The van der Waals surface area contributed by atoms with Crippen molar-refractivity contribution >= 4 is 45.6 Å². The summed E-state index contributed by atoms with van der Waals surface area (Å²) in [4.78, 5) is 40.8. The highest BCUT2D eigenvalue weighted by atomic mass is 16.5. The first-order valence-corrected chi connectivity index (χ1v) is 11.5. The molecule has 1 aromatic carbocycles. The van der Waals surface area contributed by atoms with Crippen LogP contribution in [0.3, 0.4) is 0 Å². The maximum Gasteiger partial charge on any atom is 0.342 e. The summed E-state index contributed by atoms with van der Waals surface area (Å²) < 4.78 is 16.3. The minimum Gasteiger partial charge on any atom is -0.462 e. The third kappa shape index (κ3) is 4.23. The van der Waals surface area contributed by atoms with Crippen LogP contribution in [0.1, 0.15) is 52.1 Å². The van der Waals surface area contributed by atoms with E-state index in [1.165, 1.54) is 0 Å². The molecule has 0 bridgehead atoms. The predicted octanol–water partition coefficient (Wildman–Crippen LogP) is 3.80. The number of esters is 2. The number of hydrogen-bond acceptors (Lipinski definition) is 10. The summed E-state index contributed by atoms with van der Waals surface area (Å²) in [6, 6.07) is 9.45. The molecule has 0 spiro atoms. The molecule has 4 heterocycles. The zero-order valence-corrected chi connectivity index (χ0v) is 19.5.